The molecule has 0 saturated carbocycles. The summed E-state index contributed by atoms with van der Waals surface area (Å²) in [5.41, 5.74) is 2.08. The molecule has 1 aliphatic rings. The maximum atomic E-state index is 12.1. The first-order chi connectivity index (χ1) is 11.3. The molecular weight excluding hydrogens is 288 g/mol. The van der Waals surface area contributed by atoms with Gasteiger partial charge in [0, 0.05) is 18.2 Å². The zero-order chi connectivity index (χ0) is 15.9. The predicted molar refractivity (Wildman–Crippen MR) is 91.4 cm³/mol. The van der Waals surface area contributed by atoms with E-state index in [1.807, 2.05) is 54.6 Å². The van der Waals surface area contributed by atoms with Gasteiger partial charge in [0.2, 0.25) is 0 Å². The Labute approximate surface area is 136 Å². The fourth-order valence-electron chi connectivity index (χ4n) is 2.84. The van der Waals surface area contributed by atoms with E-state index in [4.69, 9.17) is 4.74 Å². The number of nitrogens with one attached hydrogen (secondary N) is 2. The largest absolute Gasteiger partial charge is 0.483 e. The molecule has 2 N–H and O–H groups in total. The number of ether oxygens (including phenoxy) is 1. The summed E-state index contributed by atoms with van der Waals surface area (Å²) in [7, 11) is 0. The molecular formula is C19H22N2O2. The molecule has 1 heterocycles. The van der Waals surface area contributed by atoms with Gasteiger partial charge < -0.3 is 15.4 Å². The number of para-hydroxylation sites is 1. The van der Waals surface area contributed by atoms with E-state index in [1.54, 1.807) is 0 Å². The quantitative estimate of drug-likeness (QED) is 0.892. The van der Waals surface area contributed by atoms with Gasteiger partial charge in [-0.15, -0.1) is 0 Å². The highest BCUT2D eigenvalue weighted by Gasteiger charge is 2.16. The standard InChI is InChI=1S/C19H22N2O2/c22-19(21-16-9-6-12-20-13-16)14-23-18-11-5-4-10-17(18)15-7-2-1-3-8-15/h1-5,7-8,10-11,16,20H,6,9,12-14H2,(H,21,22)/t16-/m0/s1. The molecule has 4 heteroatoms. The van der Waals surface area contributed by atoms with Gasteiger partial charge in [-0.25, -0.2) is 0 Å². The van der Waals surface area contributed by atoms with Crippen LogP contribution in [0.2, 0.25) is 0 Å². The summed E-state index contributed by atoms with van der Waals surface area (Å²) in [5, 5.41) is 6.31. The zero-order valence-corrected chi connectivity index (χ0v) is 13.1. The van der Waals surface area contributed by atoms with Gasteiger partial charge in [0.1, 0.15) is 5.75 Å². The van der Waals surface area contributed by atoms with Crippen LogP contribution in [0.25, 0.3) is 11.1 Å². The van der Waals surface area contributed by atoms with Crippen LogP contribution < -0.4 is 15.4 Å². The van der Waals surface area contributed by atoms with Crippen molar-refractivity contribution in [2.24, 2.45) is 0 Å². The van der Waals surface area contributed by atoms with Crippen LogP contribution >= 0.6 is 0 Å². The van der Waals surface area contributed by atoms with Crippen molar-refractivity contribution in [1.82, 2.24) is 10.6 Å². The summed E-state index contributed by atoms with van der Waals surface area (Å²) in [6.45, 7) is 1.92. The molecule has 1 saturated heterocycles. The minimum atomic E-state index is -0.0680. The lowest BCUT2D eigenvalue weighted by atomic mass is 10.1. The van der Waals surface area contributed by atoms with Crippen molar-refractivity contribution < 1.29 is 9.53 Å². The minimum absolute atomic E-state index is 0.0420. The highest BCUT2D eigenvalue weighted by Crippen LogP contribution is 2.29. The number of rotatable bonds is 5. The first kappa shape index (κ1) is 15.6. The number of hydrogen-bond donors (Lipinski definition) is 2. The minimum Gasteiger partial charge on any atom is -0.483 e. The summed E-state index contributed by atoms with van der Waals surface area (Å²) >= 11 is 0. The molecule has 2 aromatic carbocycles. The first-order valence-electron chi connectivity index (χ1n) is 8.10. The SMILES string of the molecule is O=C(COc1ccccc1-c1ccccc1)N[C@H]1CCCNC1. The molecule has 0 spiro atoms. The van der Waals surface area contributed by atoms with Crippen LogP contribution in [0.15, 0.2) is 54.6 Å². The van der Waals surface area contributed by atoms with Gasteiger partial charge in [-0.3, -0.25) is 4.79 Å². The maximum Gasteiger partial charge on any atom is 0.258 e. The van der Waals surface area contributed by atoms with Crippen LogP contribution in [0.3, 0.4) is 0 Å². The third-order valence-corrected chi connectivity index (χ3v) is 3.99. The fourth-order valence-corrected chi connectivity index (χ4v) is 2.84. The van der Waals surface area contributed by atoms with E-state index in [2.05, 4.69) is 10.6 Å². The molecule has 120 valence electrons. The highest BCUT2D eigenvalue weighted by molar-refractivity contribution is 5.78. The molecule has 1 atom stereocenters. The highest BCUT2D eigenvalue weighted by atomic mass is 16.5. The molecule has 0 aromatic heterocycles. The Hall–Kier alpha value is -2.33. The van der Waals surface area contributed by atoms with Crippen molar-refractivity contribution >= 4 is 5.91 Å². The average Bonchev–Trinajstić information content (AvgIpc) is 2.62. The van der Waals surface area contributed by atoms with Gasteiger partial charge in [-0.05, 0) is 31.0 Å². The van der Waals surface area contributed by atoms with Gasteiger partial charge in [-0.2, -0.15) is 0 Å². The zero-order valence-electron chi connectivity index (χ0n) is 13.1. The normalized spacial score (nSPS) is 17.5. The molecule has 23 heavy (non-hydrogen) atoms. The van der Waals surface area contributed by atoms with E-state index >= 15 is 0 Å². The Morgan fingerprint density at radius 1 is 1.13 bits per heavy atom. The summed E-state index contributed by atoms with van der Waals surface area (Å²) < 4.78 is 5.76. The van der Waals surface area contributed by atoms with Gasteiger partial charge in [-0.1, -0.05) is 48.5 Å². The van der Waals surface area contributed by atoms with Crippen LogP contribution in [0.4, 0.5) is 0 Å². The average molecular weight is 310 g/mol. The van der Waals surface area contributed by atoms with E-state index in [-0.39, 0.29) is 18.6 Å². The molecule has 1 fully saturated rings. The van der Waals surface area contributed by atoms with E-state index < -0.39 is 0 Å². The monoisotopic (exact) mass is 310 g/mol. The molecule has 1 aliphatic heterocycles. The second kappa shape index (κ2) is 7.79. The van der Waals surface area contributed by atoms with Crippen LogP contribution in [-0.2, 0) is 4.79 Å². The van der Waals surface area contributed by atoms with Gasteiger partial charge in [0.05, 0.1) is 0 Å². The summed E-state index contributed by atoms with van der Waals surface area (Å²) in [6.07, 6.45) is 2.13. The number of benzene rings is 2. The van der Waals surface area contributed by atoms with Crippen molar-refractivity contribution in [3.63, 3.8) is 0 Å². The van der Waals surface area contributed by atoms with Crippen molar-refractivity contribution in [3.05, 3.63) is 54.6 Å². The van der Waals surface area contributed by atoms with E-state index in [1.165, 1.54) is 0 Å². The summed E-state index contributed by atoms with van der Waals surface area (Å²) in [5.74, 6) is 0.664. The van der Waals surface area contributed by atoms with Crippen LogP contribution in [0, 0.1) is 0 Å². The Morgan fingerprint density at radius 2 is 1.91 bits per heavy atom. The van der Waals surface area contributed by atoms with Gasteiger partial charge in [0.15, 0.2) is 6.61 Å². The lowest BCUT2D eigenvalue weighted by molar-refractivity contribution is -0.123. The Morgan fingerprint density at radius 3 is 2.70 bits per heavy atom. The number of carbonyl (C=O) groups excluding carboxylic acids is 1. The molecule has 0 aliphatic carbocycles. The first-order valence-corrected chi connectivity index (χ1v) is 8.10. The second-order valence-electron chi connectivity index (χ2n) is 5.76. The van der Waals surface area contributed by atoms with Crippen molar-refractivity contribution in [1.29, 1.82) is 0 Å². The maximum absolute atomic E-state index is 12.1. The van der Waals surface area contributed by atoms with Crippen LogP contribution in [-0.4, -0.2) is 31.6 Å². The number of carbonyl (C=O) groups is 1. The topological polar surface area (TPSA) is 50.4 Å². The van der Waals surface area contributed by atoms with Crippen molar-refractivity contribution in [2.75, 3.05) is 19.7 Å². The third kappa shape index (κ3) is 4.33. The van der Waals surface area contributed by atoms with E-state index in [9.17, 15) is 4.79 Å². The van der Waals surface area contributed by atoms with Crippen molar-refractivity contribution in [3.8, 4) is 16.9 Å². The van der Waals surface area contributed by atoms with Crippen LogP contribution in [0.5, 0.6) is 5.75 Å². The molecule has 0 unspecified atom stereocenters. The predicted octanol–water partition coefficient (Wildman–Crippen LogP) is 2.60. The Balaban J connectivity index is 1.61. The van der Waals surface area contributed by atoms with Crippen molar-refractivity contribution in [2.45, 2.75) is 18.9 Å². The number of amides is 1. The molecule has 4 nitrogen and oxygen atoms in total. The van der Waals surface area contributed by atoms with Gasteiger partial charge >= 0.3 is 0 Å². The fraction of sp³-hybridized carbons (Fsp3) is 0.316. The molecule has 0 bridgehead atoms. The Bertz CT molecular complexity index is 637. The van der Waals surface area contributed by atoms with E-state index in [0.717, 1.165) is 42.8 Å². The van der Waals surface area contributed by atoms with E-state index in [0.29, 0.717) is 0 Å². The molecule has 2 aromatic rings. The lowest BCUT2D eigenvalue weighted by Gasteiger charge is -2.23. The number of piperidine rings is 1. The third-order valence-electron chi connectivity index (χ3n) is 3.99. The molecule has 3 rings (SSSR count). The smallest absolute Gasteiger partial charge is 0.258 e. The second-order valence-corrected chi connectivity index (χ2v) is 5.76. The molecule has 1 amide bonds. The Kier molecular flexibility index (Phi) is 5.27. The molecule has 0 radical (unpaired) electrons. The summed E-state index contributed by atoms with van der Waals surface area (Å²) in [4.78, 5) is 12.1. The lowest BCUT2D eigenvalue weighted by Crippen LogP contribution is -2.47. The summed E-state index contributed by atoms with van der Waals surface area (Å²) in [6, 6.07) is 18.1. The number of hydrogen-bond acceptors (Lipinski definition) is 3. The van der Waals surface area contributed by atoms with Crippen LogP contribution in [0.1, 0.15) is 12.8 Å². The van der Waals surface area contributed by atoms with Gasteiger partial charge in [0.25, 0.3) is 5.91 Å².